The minimum absolute atomic E-state index is 0.824. The molecule has 0 unspecified atom stereocenters. The van der Waals surface area contributed by atoms with Crippen molar-refractivity contribution < 1.29 is 8.83 Å². The van der Waals surface area contributed by atoms with Gasteiger partial charge in [-0.3, -0.25) is 0 Å². The molecule has 11 aromatic rings. The molecule has 258 valence electrons. The zero-order chi connectivity index (χ0) is 36.3. The van der Waals surface area contributed by atoms with Crippen molar-refractivity contribution in [3.05, 3.63) is 200 Å². The van der Waals surface area contributed by atoms with Crippen LogP contribution < -0.4 is 4.90 Å². The fraction of sp³-hybridized carbons (Fsp3) is 0. The number of hydrogen-bond donors (Lipinski definition) is 0. The number of rotatable bonds is 6. The van der Waals surface area contributed by atoms with Crippen LogP contribution in [0, 0.1) is 0 Å². The number of nitrogens with zero attached hydrogens (tertiary/aromatic N) is 1. The molecule has 0 spiro atoms. The Labute approximate surface area is 317 Å². The van der Waals surface area contributed by atoms with Crippen molar-refractivity contribution in [1.29, 1.82) is 0 Å². The largest absolute Gasteiger partial charge is 0.455 e. The second kappa shape index (κ2) is 12.6. The van der Waals surface area contributed by atoms with E-state index in [-0.39, 0.29) is 0 Å². The van der Waals surface area contributed by atoms with E-state index in [2.05, 4.69) is 193 Å². The molecule has 0 aliphatic rings. The molecule has 0 aliphatic carbocycles. The molecule has 0 saturated heterocycles. The van der Waals surface area contributed by atoms with E-state index >= 15 is 0 Å². The Hall–Kier alpha value is -7.36. The van der Waals surface area contributed by atoms with Gasteiger partial charge in [-0.15, -0.1) is 0 Å². The summed E-state index contributed by atoms with van der Waals surface area (Å²) in [6.07, 6.45) is 0. The van der Waals surface area contributed by atoms with E-state index in [4.69, 9.17) is 8.83 Å². The Morgan fingerprint density at radius 1 is 0.309 bits per heavy atom. The number of hydrogen-bond acceptors (Lipinski definition) is 3. The molecule has 0 aliphatic heterocycles. The van der Waals surface area contributed by atoms with Crippen molar-refractivity contribution >= 4 is 71.7 Å². The first kappa shape index (κ1) is 31.2. The van der Waals surface area contributed by atoms with Gasteiger partial charge in [0.15, 0.2) is 5.58 Å². The first-order valence-electron chi connectivity index (χ1n) is 18.7. The lowest BCUT2D eigenvalue weighted by atomic mass is 9.93. The van der Waals surface area contributed by atoms with Crippen LogP contribution in [0.3, 0.4) is 0 Å². The van der Waals surface area contributed by atoms with Crippen molar-refractivity contribution in [3.8, 4) is 33.4 Å². The fourth-order valence-electron chi connectivity index (χ4n) is 8.31. The molecule has 0 N–H and O–H groups in total. The lowest BCUT2D eigenvalue weighted by molar-refractivity contribution is 0.668. The van der Waals surface area contributed by atoms with E-state index in [1.807, 2.05) is 12.1 Å². The third-order valence-electron chi connectivity index (χ3n) is 10.8. The lowest BCUT2D eigenvalue weighted by Crippen LogP contribution is -2.10. The van der Waals surface area contributed by atoms with Crippen molar-refractivity contribution in [2.75, 3.05) is 4.90 Å². The van der Waals surface area contributed by atoms with Gasteiger partial charge < -0.3 is 13.7 Å². The van der Waals surface area contributed by atoms with E-state index < -0.39 is 0 Å². The lowest BCUT2D eigenvalue weighted by Gasteiger charge is -2.26. The molecular formula is C52H33NO2. The Balaban J connectivity index is 1.21. The predicted octanol–water partition coefficient (Wildman–Crippen LogP) is 15.1. The van der Waals surface area contributed by atoms with Crippen LogP contribution in [0.4, 0.5) is 17.1 Å². The summed E-state index contributed by atoms with van der Waals surface area (Å²) in [4.78, 5) is 2.31. The highest BCUT2D eigenvalue weighted by atomic mass is 16.3. The molecule has 0 saturated carbocycles. The number of fused-ring (bicyclic) bond motifs is 8. The molecular weight excluding hydrogens is 671 g/mol. The van der Waals surface area contributed by atoms with Gasteiger partial charge in [-0.1, -0.05) is 158 Å². The zero-order valence-corrected chi connectivity index (χ0v) is 29.8. The van der Waals surface area contributed by atoms with E-state index in [0.29, 0.717) is 0 Å². The number of furan rings is 2. The highest BCUT2D eigenvalue weighted by molar-refractivity contribution is 6.23. The fourth-order valence-corrected chi connectivity index (χ4v) is 8.31. The topological polar surface area (TPSA) is 29.5 Å². The van der Waals surface area contributed by atoms with Crippen molar-refractivity contribution in [3.63, 3.8) is 0 Å². The molecule has 0 fully saturated rings. The Kier molecular flexibility index (Phi) is 7.17. The average molecular weight is 704 g/mol. The quantitative estimate of drug-likeness (QED) is 0.173. The Morgan fingerprint density at radius 3 is 1.58 bits per heavy atom. The Bertz CT molecular complexity index is 3180. The minimum atomic E-state index is 0.824. The van der Waals surface area contributed by atoms with Gasteiger partial charge in [0.25, 0.3) is 0 Å². The van der Waals surface area contributed by atoms with Gasteiger partial charge in [0, 0.05) is 38.7 Å². The maximum atomic E-state index is 7.04. The molecule has 0 radical (unpaired) electrons. The minimum Gasteiger partial charge on any atom is -0.455 e. The Morgan fingerprint density at radius 2 is 0.855 bits per heavy atom. The van der Waals surface area contributed by atoms with Crippen LogP contribution in [0.2, 0.25) is 0 Å². The van der Waals surface area contributed by atoms with Crippen LogP contribution in [0.15, 0.2) is 209 Å². The van der Waals surface area contributed by atoms with Gasteiger partial charge in [0.2, 0.25) is 0 Å². The van der Waals surface area contributed by atoms with Crippen LogP contribution in [0.25, 0.3) is 88.0 Å². The highest BCUT2D eigenvalue weighted by Gasteiger charge is 2.24. The van der Waals surface area contributed by atoms with Crippen LogP contribution in [0.1, 0.15) is 0 Å². The van der Waals surface area contributed by atoms with Crippen molar-refractivity contribution in [2.24, 2.45) is 0 Å². The molecule has 0 atom stereocenters. The summed E-state index contributed by atoms with van der Waals surface area (Å²) in [7, 11) is 0. The summed E-state index contributed by atoms with van der Waals surface area (Å²) in [5.41, 5.74) is 13.3. The summed E-state index contributed by atoms with van der Waals surface area (Å²) in [5.74, 6) is 0. The third kappa shape index (κ3) is 5.13. The van der Waals surface area contributed by atoms with Crippen LogP contribution in [-0.4, -0.2) is 0 Å². The molecule has 2 aromatic heterocycles. The maximum Gasteiger partial charge on any atom is 0.159 e. The monoisotopic (exact) mass is 703 g/mol. The second-order valence-corrected chi connectivity index (χ2v) is 14.0. The summed E-state index contributed by atoms with van der Waals surface area (Å²) < 4.78 is 13.7. The predicted molar refractivity (Wildman–Crippen MR) is 229 cm³/mol. The second-order valence-electron chi connectivity index (χ2n) is 14.0. The molecule has 55 heavy (non-hydrogen) atoms. The molecule has 2 heterocycles. The third-order valence-corrected chi connectivity index (χ3v) is 10.8. The summed E-state index contributed by atoms with van der Waals surface area (Å²) >= 11 is 0. The first-order valence-corrected chi connectivity index (χ1v) is 18.7. The van der Waals surface area contributed by atoms with Crippen molar-refractivity contribution in [1.82, 2.24) is 0 Å². The summed E-state index contributed by atoms with van der Waals surface area (Å²) in [5, 5.41) is 6.62. The molecule has 0 bridgehead atoms. The van der Waals surface area contributed by atoms with Gasteiger partial charge >= 0.3 is 0 Å². The SMILES string of the molecule is c1ccc(-c2ccc(N(c3cc(-c4ccccc4)c4c(c3)oc3c5ccccc5c(-c5ccccc5)cc34)c3cccc4c3oc3ccccc34)cc2)cc1. The van der Waals surface area contributed by atoms with Gasteiger partial charge in [-0.25, -0.2) is 0 Å². The molecule has 11 rings (SSSR count). The first-order chi connectivity index (χ1) is 27.3. The highest BCUT2D eigenvalue weighted by Crippen LogP contribution is 2.48. The van der Waals surface area contributed by atoms with Gasteiger partial charge in [-0.2, -0.15) is 0 Å². The van der Waals surface area contributed by atoms with Crippen molar-refractivity contribution in [2.45, 2.75) is 0 Å². The zero-order valence-electron chi connectivity index (χ0n) is 29.8. The van der Waals surface area contributed by atoms with E-state index in [1.54, 1.807) is 0 Å². The number of para-hydroxylation sites is 2. The standard InChI is InChI=1S/C52H33NO2/c1-4-15-34(16-5-1)35-27-29-38(30-28-35)53(47-25-14-24-43-41-22-12-13-26-48(41)54-52(43)47)39-31-45(37-19-8-3-9-20-37)50-46-33-44(36-17-6-2-7-18-36)40-21-10-11-23-42(40)51(46)55-49(50)32-39/h1-33H. The van der Waals surface area contributed by atoms with Crippen LogP contribution >= 0.6 is 0 Å². The summed E-state index contributed by atoms with van der Waals surface area (Å²) in [6, 6.07) is 70.7. The van der Waals surface area contributed by atoms with E-state index in [0.717, 1.165) is 83.0 Å². The average Bonchev–Trinajstić information content (AvgIpc) is 3.84. The molecule has 9 aromatic carbocycles. The molecule has 0 amide bonds. The summed E-state index contributed by atoms with van der Waals surface area (Å²) in [6.45, 7) is 0. The van der Waals surface area contributed by atoms with E-state index in [9.17, 15) is 0 Å². The van der Waals surface area contributed by atoms with Gasteiger partial charge in [0.1, 0.15) is 16.7 Å². The smallest absolute Gasteiger partial charge is 0.159 e. The number of benzene rings is 9. The van der Waals surface area contributed by atoms with Crippen LogP contribution in [-0.2, 0) is 0 Å². The normalized spacial score (nSPS) is 11.6. The van der Waals surface area contributed by atoms with E-state index in [1.165, 1.54) is 22.1 Å². The maximum absolute atomic E-state index is 7.04. The number of anilines is 3. The molecule has 3 heteroatoms. The van der Waals surface area contributed by atoms with Crippen LogP contribution in [0.5, 0.6) is 0 Å². The van der Waals surface area contributed by atoms with Gasteiger partial charge in [-0.05, 0) is 75.2 Å². The molecule has 3 nitrogen and oxygen atoms in total. The van der Waals surface area contributed by atoms with Gasteiger partial charge in [0.05, 0.1) is 11.4 Å².